The summed E-state index contributed by atoms with van der Waals surface area (Å²) in [7, 11) is 0.509. The highest BCUT2D eigenvalue weighted by Crippen LogP contribution is 2.39. The van der Waals surface area contributed by atoms with Crippen LogP contribution in [0.3, 0.4) is 0 Å². The highest BCUT2D eigenvalue weighted by Gasteiger charge is 2.27. The molecule has 0 unspecified atom stereocenters. The Morgan fingerprint density at radius 1 is 0.912 bits per heavy atom. The molecule has 0 heterocycles. The Labute approximate surface area is 207 Å². The summed E-state index contributed by atoms with van der Waals surface area (Å²) in [6.07, 6.45) is 0. The number of methoxy groups -OCH3 is 3. The van der Waals surface area contributed by atoms with Gasteiger partial charge in [0.15, 0.2) is 11.5 Å². The molecule has 3 aromatic rings. The number of halogens is 1. The van der Waals surface area contributed by atoms with Crippen LogP contribution < -0.4 is 23.8 Å². The number of anilines is 1. The third-order valence-electron chi connectivity index (χ3n) is 4.98. The van der Waals surface area contributed by atoms with Crippen molar-refractivity contribution in [3.05, 3.63) is 76.8 Å². The van der Waals surface area contributed by atoms with E-state index in [2.05, 4.69) is 21.2 Å². The summed E-state index contributed by atoms with van der Waals surface area (Å²) in [6, 6.07) is 18.2. The van der Waals surface area contributed by atoms with Gasteiger partial charge in [-0.15, -0.1) is 0 Å². The van der Waals surface area contributed by atoms with Crippen LogP contribution in [-0.2, 0) is 21.4 Å². The Morgan fingerprint density at radius 3 is 2.24 bits per heavy atom. The fraction of sp³-hybridized carbons (Fsp3) is 0.208. The maximum atomic E-state index is 13.4. The van der Waals surface area contributed by atoms with Gasteiger partial charge in [0.2, 0.25) is 11.7 Å². The minimum atomic E-state index is -3.99. The predicted octanol–water partition coefficient (Wildman–Crippen LogP) is 3.99. The van der Waals surface area contributed by atoms with Crippen molar-refractivity contribution in [2.75, 3.05) is 32.2 Å². The molecule has 0 aliphatic heterocycles. The molecule has 10 heteroatoms. The van der Waals surface area contributed by atoms with Gasteiger partial charge in [-0.3, -0.25) is 9.10 Å². The van der Waals surface area contributed by atoms with Crippen molar-refractivity contribution in [3.8, 4) is 17.2 Å². The molecule has 0 atom stereocenters. The van der Waals surface area contributed by atoms with E-state index in [1.807, 2.05) is 0 Å². The molecule has 0 aliphatic carbocycles. The predicted molar refractivity (Wildman–Crippen MR) is 133 cm³/mol. The van der Waals surface area contributed by atoms with E-state index in [1.54, 1.807) is 54.6 Å². The van der Waals surface area contributed by atoms with Gasteiger partial charge >= 0.3 is 0 Å². The quantitative estimate of drug-likeness (QED) is 0.411. The Kier molecular flexibility index (Phi) is 8.41. The monoisotopic (exact) mass is 548 g/mol. The molecular weight excluding hydrogens is 524 g/mol. The van der Waals surface area contributed by atoms with E-state index in [4.69, 9.17) is 14.2 Å². The van der Waals surface area contributed by atoms with Crippen LogP contribution in [0.2, 0.25) is 0 Å². The topological polar surface area (TPSA) is 94.2 Å². The van der Waals surface area contributed by atoms with E-state index >= 15 is 0 Å². The van der Waals surface area contributed by atoms with Gasteiger partial charge in [0.05, 0.1) is 31.9 Å². The van der Waals surface area contributed by atoms with Crippen molar-refractivity contribution in [2.24, 2.45) is 0 Å². The maximum Gasteiger partial charge on any atom is 0.264 e. The van der Waals surface area contributed by atoms with Crippen molar-refractivity contribution in [2.45, 2.75) is 11.4 Å². The zero-order valence-corrected chi connectivity index (χ0v) is 21.4. The molecule has 3 aromatic carbocycles. The van der Waals surface area contributed by atoms with E-state index in [0.29, 0.717) is 33.0 Å². The molecule has 0 saturated heterocycles. The van der Waals surface area contributed by atoms with E-state index < -0.39 is 22.5 Å². The van der Waals surface area contributed by atoms with Crippen LogP contribution in [0.5, 0.6) is 17.2 Å². The molecule has 0 fully saturated rings. The number of nitrogens with zero attached hydrogens (tertiary/aromatic N) is 1. The molecule has 180 valence electrons. The van der Waals surface area contributed by atoms with Gasteiger partial charge in [0.25, 0.3) is 10.0 Å². The van der Waals surface area contributed by atoms with E-state index in [-0.39, 0.29) is 11.4 Å². The normalized spacial score (nSPS) is 10.9. The van der Waals surface area contributed by atoms with Crippen molar-refractivity contribution < 1.29 is 27.4 Å². The first-order valence-corrected chi connectivity index (χ1v) is 12.4. The number of ether oxygens (including phenoxy) is 3. The molecule has 0 bridgehead atoms. The van der Waals surface area contributed by atoms with Gasteiger partial charge in [-0.05, 0) is 42.5 Å². The molecule has 0 spiro atoms. The van der Waals surface area contributed by atoms with Gasteiger partial charge in [-0.1, -0.05) is 40.2 Å². The minimum absolute atomic E-state index is 0.0873. The zero-order chi connectivity index (χ0) is 24.7. The third-order valence-corrected chi connectivity index (χ3v) is 7.26. The summed E-state index contributed by atoms with van der Waals surface area (Å²) < 4.78 is 44.7. The summed E-state index contributed by atoms with van der Waals surface area (Å²) in [5.74, 6) is 0.822. The number of rotatable bonds is 10. The largest absolute Gasteiger partial charge is 0.493 e. The van der Waals surface area contributed by atoms with Crippen LogP contribution in [0.15, 0.2) is 76.1 Å². The number of carbonyl (C=O) groups is 1. The van der Waals surface area contributed by atoms with Crippen molar-refractivity contribution in [1.29, 1.82) is 0 Å². The first kappa shape index (κ1) is 25.4. The third kappa shape index (κ3) is 5.63. The van der Waals surface area contributed by atoms with Crippen LogP contribution in [0.4, 0.5) is 5.69 Å². The Morgan fingerprint density at radius 2 is 1.62 bits per heavy atom. The lowest BCUT2D eigenvalue weighted by Crippen LogP contribution is -2.40. The number of hydrogen-bond donors (Lipinski definition) is 1. The second-order valence-electron chi connectivity index (χ2n) is 7.07. The zero-order valence-electron chi connectivity index (χ0n) is 18.9. The van der Waals surface area contributed by atoms with Crippen LogP contribution in [0, 0.1) is 0 Å². The lowest BCUT2D eigenvalue weighted by Gasteiger charge is -2.24. The molecule has 0 saturated carbocycles. The standard InChI is InChI=1S/C24H25BrN2O6S/c1-31-21-13-12-17(23(32-2)24(21)33-3)15-26-22(28)16-27(19-9-7-8-18(25)14-19)34(29,30)20-10-5-4-6-11-20/h4-14H,15-16H2,1-3H3,(H,26,28). The van der Waals surface area contributed by atoms with Crippen molar-refractivity contribution >= 4 is 37.5 Å². The number of benzene rings is 3. The lowest BCUT2D eigenvalue weighted by molar-refractivity contribution is -0.119. The fourth-order valence-electron chi connectivity index (χ4n) is 3.35. The Balaban J connectivity index is 1.86. The average molecular weight is 549 g/mol. The molecule has 34 heavy (non-hydrogen) atoms. The van der Waals surface area contributed by atoms with Crippen molar-refractivity contribution in [3.63, 3.8) is 0 Å². The van der Waals surface area contributed by atoms with Crippen molar-refractivity contribution in [1.82, 2.24) is 5.32 Å². The molecular formula is C24H25BrN2O6S. The van der Waals surface area contributed by atoms with Crippen LogP contribution in [0.25, 0.3) is 0 Å². The Hall–Kier alpha value is -3.24. The number of sulfonamides is 1. The number of nitrogens with one attached hydrogen (secondary N) is 1. The summed E-state index contributed by atoms with van der Waals surface area (Å²) in [5.41, 5.74) is 1.01. The second kappa shape index (κ2) is 11.3. The summed E-state index contributed by atoms with van der Waals surface area (Å²) in [6.45, 7) is -0.316. The number of carbonyl (C=O) groups excluding carboxylic acids is 1. The maximum absolute atomic E-state index is 13.4. The highest BCUT2D eigenvalue weighted by atomic mass is 79.9. The number of hydrogen-bond acceptors (Lipinski definition) is 6. The molecule has 0 radical (unpaired) electrons. The van der Waals surface area contributed by atoms with Gasteiger partial charge in [-0.2, -0.15) is 0 Å². The van der Waals surface area contributed by atoms with Gasteiger partial charge in [-0.25, -0.2) is 8.42 Å². The Bertz CT molecular complexity index is 1250. The van der Waals surface area contributed by atoms with Crippen LogP contribution >= 0.6 is 15.9 Å². The minimum Gasteiger partial charge on any atom is -0.493 e. The first-order chi connectivity index (χ1) is 16.3. The molecule has 1 amide bonds. The van der Waals surface area contributed by atoms with E-state index in [0.717, 1.165) is 4.31 Å². The lowest BCUT2D eigenvalue weighted by atomic mass is 10.1. The fourth-order valence-corrected chi connectivity index (χ4v) is 5.17. The van der Waals surface area contributed by atoms with Gasteiger partial charge in [0, 0.05) is 16.6 Å². The molecule has 8 nitrogen and oxygen atoms in total. The smallest absolute Gasteiger partial charge is 0.264 e. The van der Waals surface area contributed by atoms with Crippen LogP contribution in [-0.4, -0.2) is 42.2 Å². The molecule has 0 aromatic heterocycles. The SMILES string of the molecule is COc1ccc(CNC(=O)CN(c2cccc(Br)c2)S(=O)(=O)c2ccccc2)c(OC)c1OC. The highest BCUT2D eigenvalue weighted by molar-refractivity contribution is 9.10. The summed E-state index contributed by atoms with van der Waals surface area (Å²) in [5, 5.41) is 2.77. The van der Waals surface area contributed by atoms with E-state index in [9.17, 15) is 13.2 Å². The van der Waals surface area contributed by atoms with Crippen LogP contribution in [0.1, 0.15) is 5.56 Å². The average Bonchev–Trinajstić information content (AvgIpc) is 2.85. The van der Waals surface area contributed by atoms with E-state index in [1.165, 1.54) is 33.5 Å². The number of amides is 1. The second-order valence-corrected chi connectivity index (χ2v) is 9.85. The summed E-state index contributed by atoms with van der Waals surface area (Å²) in [4.78, 5) is 13.0. The van der Waals surface area contributed by atoms with Gasteiger partial charge in [0.1, 0.15) is 6.54 Å². The summed E-state index contributed by atoms with van der Waals surface area (Å²) >= 11 is 3.36. The van der Waals surface area contributed by atoms with Gasteiger partial charge < -0.3 is 19.5 Å². The molecule has 1 N–H and O–H groups in total. The molecule has 3 rings (SSSR count). The molecule has 0 aliphatic rings. The first-order valence-electron chi connectivity index (χ1n) is 10.2.